The van der Waals surface area contributed by atoms with E-state index in [0.717, 1.165) is 5.56 Å². The van der Waals surface area contributed by atoms with Crippen LogP contribution in [0.5, 0.6) is 11.5 Å². The Morgan fingerprint density at radius 2 is 2.00 bits per heavy atom. The van der Waals surface area contributed by atoms with Gasteiger partial charge in [-0.15, -0.1) is 0 Å². The molecule has 1 amide bonds. The number of hydrogen-bond acceptors (Lipinski definition) is 4. The average Bonchev–Trinajstić information content (AvgIpc) is 2.47. The van der Waals surface area contributed by atoms with Gasteiger partial charge in [0, 0.05) is 18.7 Å². The molecule has 0 unspecified atom stereocenters. The van der Waals surface area contributed by atoms with Crippen molar-refractivity contribution in [2.45, 2.75) is 13.3 Å². The van der Waals surface area contributed by atoms with Crippen molar-refractivity contribution < 1.29 is 19.4 Å². The fourth-order valence-electron chi connectivity index (χ4n) is 1.68. The molecule has 0 heterocycles. The van der Waals surface area contributed by atoms with Gasteiger partial charge in [-0.05, 0) is 37.1 Å². The van der Waals surface area contributed by atoms with Crippen molar-refractivity contribution in [3.8, 4) is 11.5 Å². The molecule has 20 heavy (non-hydrogen) atoms. The maximum Gasteiger partial charge on any atom is 0.246 e. The van der Waals surface area contributed by atoms with Crippen molar-refractivity contribution in [3.05, 3.63) is 29.3 Å². The predicted octanol–water partition coefficient (Wildman–Crippen LogP) is 1.61. The third-order valence-corrected chi connectivity index (χ3v) is 2.77. The quantitative estimate of drug-likeness (QED) is 0.588. The summed E-state index contributed by atoms with van der Waals surface area (Å²) in [7, 11) is 3.15. The molecule has 0 fully saturated rings. The van der Waals surface area contributed by atoms with E-state index in [1.54, 1.807) is 33.3 Å². The summed E-state index contributed by atoms with van der Waals surface area (Å²) in [6.07, 6.45) is 2.33. The highest BCUT2D eigenvalue weighted by molar-refractivity contribution is 5.97. The first-order chi connectivity index (χ1) is 9.62. The molecule has 1 aromatic rings. The molecule has 0 atom stereocenters. The van der Waals surface area contributed by atoms with Crippen LogP contribution in [0.25, 0.3) is 6.08 Å². The molecule has 1 rings (SSSR count). The minimum Gasteiger partial charge on any atom is -0.493 e. The molecule has 110 valence electrons. The summed E-state index contributed by atoms with van der Waals surface area (Å²) in [4.78, 5) is 11.8. The van der Waals surface area contributed by atoms with E-state index in [-0.39, 0.29) is 12.5 Å². The molecule has 0 aromatic heterocycles. The topological polar surface area (TPSA) is 67.8 Å². The van der Waals surface area contributed by atoms with Crippen LogP contribution in [0.4, 0.5) is 0 Å². The lowest BCUT2D eigenvalue weighted by atomic mass is 10.1. The first-order valence-electron chi connectivity index (χ1n) is 6.41. The number of ether oxygens (including phenoxy) is 2. The SMILES string of the molecule is COc1ccc(/C=C(\C)C(=O)NCCCO)cc1OC. The zero-order valence-electron chi connectivity index (χ0n) is 12.1. The molecule has 0 spiro atoms. The van der Waals surface area contributed by atoms with Crippen LogP contribution in [0, 0.1) is 0 Å². The van der Waals surface area contributed by atoms with E-state index in [4.69, 9.17) is 14.6 Å². The maximum absolute atomic E-state index is 11.8. The molecule has 5 heteroatoms. The number of amides is 1. The number of benzene rings is 1. The second kappa shape index (κ2) is 8.22. The van der Waals surface area contributed by atoms with E-state index >= 15 is 0 Å². The summed E-state index contributed by atoms with van der Waals surface area (Å²) >= 11 is 0. The van der Waals surface area contributed by atoms with Crippen LogP contribution >= 0.6 is 0 Å². The molecule has 0 saturated carbocycles. The van der Waals surface area contributed by atoms with Gasteiger partial charge in [-0.3, -0.25) is 4.79 Å². The first-order valence-corrected chi connectivity index (χ1v) is 6.41. The van der Waals surface area contributed by atoms with Gasteiger partial charge in [-0.1, -0.05) is 6.07 Å². The maximum atomic E-state index is 11.8. The van der Waals surface area contributed by atoms with Gasteiger partial charge in [0.25, 0.3) is 0 Å². The minimum atomic E-state index is -0.145. The summed E-state index contributed by atoms with van der Waals surface area (Å²) in [5.41, 5.74) is 1.45. The van der Waals surface area contributed by atoms with Crippen molar-refractivity contribution in [2.75, 3.05) is 27.4 Å². The van der Waals surface area contributed by atoms with E-state index in [1.807, 2.05) is 12.1 Å². The Morgan fingerprint density at radius 1 is 1.30 bits per heavy atom. The Bertz CT molecular complexity index is 483. The van der Waals surface area contributed by atoms with Crippen LogP contribution in [-0.4, -0.2) is 38.4 Å². The summed E-state index contributed by atoms with van der Waals surface area (Å²) in [5.74, 6) is 1.12. The number of rotatable bonds is 7. The Hall–Kier alpha value is -2.01. The summed E-state index contributed by atoms with van der Waals surface area (Å²) in [5, 5.41) is 11.4. The van der Waals surface area contributed by atoms with E-state index in [9.17, 15) is 4.79 Å². The lowest BCUT2D eigenvalue weighted by Crippen LogP contribution is -2.25. The fourth-order valence-corrected chi connectivity index (χ4v) is 1.68. The fraction of sp³-hybridized carbons (Fsp3) is 0.400. The first kappa shape index (κ1) is 16.0. The number of carbonyl (C=O) groups is 1. The van der Waals surface area contributed by atoms with Gasteiger partial charge in [-0.25, -0.2) is 0 Å². The second-order valence-corrected chi connectivity index (χ2v) is 4.27. The molecular formula is C15H21NO4. The van der Waals surface area contributed by atoms with Crippen LogP contribution in [-0.2, 0) is 4.79 Å². The normalized spacial score (nSPS) is 11.1. The lowest BCUT2D eigenvalue weighted by Gasteiger charge is -2.08. The third kappa shape index (κ3) is 4.59. The Morgan fingerprint density at radius 3 is 2.60 bits per heavy atom. The molecule has 0 aliphatic carbocycles. The molecule has 0 aliphatic rings. The summed E-state index contributed by atoms with van der Waals surface area (Å²) < 4.78 is 10.4. The molecule has 0 saturated heterocycles. The third-order valence-electron chi connectivity index (χ3n) is 2.77. The highest BCUT2D eigenvalue weighted by Gasteiger charge is 2.06. The van der Waals surface area contributed by atoms with Crippen molar-refractivity contribution >= 4 is 12.0 Å². The number of carbonyl (C=O) groups excluding carboxylic acids is 1. The van der Waals surface area contributed by atoms with Crippen molar-refractivity contribution in [2.24, 2.45) is 0 Å². The van der Waals surface area contributed by atoms with Crippen LogP contribution in [0.3, 0.4) is 0 Å². The number of nitrogens with one attached hydrogen (secondary N) is 1. The van der Waals surface area contributed by atoms with E-state index < -0.39 is 0 Å². The van der Waals surface area contributed by atoms with Crippen molar-refractivity contribution in [1.82, 2.24) is 5.32 Å². The highest BCUT2D eigenvalue weighted by atomic mass is 16.5. The number of hydrogen-bond donors (Lipinski definition) is 2. The Balaban J connectivity index is 2.79. The highest BCUT2D eigenvalue weighted by Crippen LogP contribution is 2.28. The van der Waals surface area contributed by atoms with Crippen molar-refractivity contribution in [3.63, 3.8) is 0 Å². The lowest BCUT2D eigenvalue weighted by molar-refractivity contribution is -0.117. The van der Waals surface area contributed by atoms with Gasteiger partial charge in [0.15, 0.2) is 11.5 Å². The zero-order valence-corrected chi connectivity index (χ0v) is 12.1. The zero-order chi connectivity index (χ0) is 15.0. The van der Waals surface area contributed by atoms with Crippen LogP contribution < -0.4 is 14.8 Å². The van der Waals surface area contributed by atoms with Crippen LogP contribution in [0.1, 0.15) is 18.9 Å². The van der Waals surface area contributed by atoms with Gasteiger partial charge in [0.2, 0.25) is 5.91 Å². The van der Waals surface area contributed by atoms with Crippen LogP contribution in [0.2, 0.25) is 0 Å². The van der Waals surface area contributed by atoms with E-state index in [1.165, 1.54) is 0 Å². The summed E-state index contributed by atoms with van der Waals surface area (Å²) in [6.45, 7) is 2.27. The predicted molar refractivity (Wildman–Crippen MR) is 77.9 cm³/mol. The number of aliphatic hydroxyl groups is 1. The molecule has 1 aromatic carbocycles. The molecule has 0 aliphatic heterocycles. The standard InChI is InChI=1S/C15H21NO4/c1-11(15(18)16-7-4-8-17)9-12-5-6-13(19-2)14(10-12)20-3/h5-6,9-10,17H,4,7-8H2,1-3H3,(H,16,18)/b11-9+. The van der Waals surface area contributed by atoms with E-state index in [2.05, 4.69) is 5.32 Å². The Kier molecular flexibility index (Phi) is 6.59. The average molecular weight is 279 g/mol. The van der Waals surface area contributed by atoms with E-state index in [0.29, 0.717) is 30.0 Å². The largest absolute Gasteiger partial charge is 0.493 e. The smallest absolute Gasteiger partial charge is 0.246 e. The molecule has 0 radical (unpaired) electrons. The minimum absolute atomic E-state index is 0.0682. The van der Waals surface area contributed by atoms with Gasteiger partial charge < -0.3 is 19.9 Å². The van der Waals surface area contributed by atoms with Gasteiger partial charge in [0.05, 0.1) is 14.2 Å². The van der Waals surface area contributed by atoms with Gasteiger partial charge in [-0.2, -0.15) is 0 Å². The number of methoxy groups -OCH3 is 2. The van der Waals surface area contributed by atoms with Gasteiger partial charge in [0.1, 0.15) is 0 Å². The monoisotopic (exact) mass is 279 g/mol. The summed E-state index contributed by atoms with van der Waals surface area (Å²) in [6, 6.07) is 5.46. The Labute approximate surface area is 119 Å². The van der Waals surface area contributed by atoms with Gasteiger partial charge >= 0.3 is 0 Å². The molecule has 2 N–H and O–H groups in total. The molecule has 5 nitrogen and oxygen atoms in total. The van der Waals surface area contributed by atoms with Crippen molar-refractivity contribution in [1.29, 1.82) is 0 Å². The molecule has 0 bridgehead atoms. The number of aliphatic hydroxyl groups excluding tert-OH is 1. The molecular weight excluding hydrogens is 258 g/mol. The second-order valence-electron chi connectivity index (χ2n) is 4.27. The van der Waals surface area contributed by atoms with Crippen LogP contribution in [0.15, 0.2) is 23.8 Å².